The summed E-state index contributed by atoms with van der Waals surface area (Å²) in [5.74, 6) is 0. The normalized spacial score (nSPS) is 11.0. The largest absolute Gasteiger partial charge is 0.353 e. The Labute approximate surface area is 104 Å². The molecule has 0 bridgehead atoms. The average Bonchev–Trinajstić information content (AvgIpc) is 2.76. The van der Waals surface area contributed by atoms with Gasteiger partial charge in [-0.05, 0) is 25.1 Å². The Morgan fingerprint density at radius 1 is 1.22 bits per heavy atom. The van der Waals surface area contributed by atoms with Crippen molar-refractivity contribution >= 4 is 10.9 Å². The highest BCUT2D eigenvalue weighted by atomic mass is 16.1. The third kappa shape index (κ3) is 1.62. The van der Waals surface area contributed by atoms with E-state index in [1.165, 1.54) is 0 Å². The molecule has 18 heavy (non-hydrogen) atoms. The number of hydrogen-bond acceptors (Lipinski definition) is 2. The van der Waals surface area contributed by atoms with E-state index in [9.17, 15) is 4.79 Å². The molecule has 2 aromatic heterocycles. The van der Waals surface area contributed by atoms with Crippen LogP contribution in [0.5, 0.6) is 0 Å². The van der Waals surface area contributed by atoms with E-state index >= 15 is 0 Å². The van der Waals surface area contributed by atoms with Crippen LogP contribution in [-0.2, 0) is 7.05 Å². The molecule has 0 saturated heterocycles. The first kappa shape index (κ1) is 10.8. The van der Waals surface area contributed by atoms with Crippen LogP contribution in [0.15, 0.2) is 41.3 Å². The van der Waals surface area contributed by atoms with Crippen molar-refractivity contribution < 1.29 is 0 Å². The summed E-state index contributed by atoms with van der Waals surface area (Å²) in [6.45, 7) is 1.98. The Bertz CT molecular complexity index is 783. The molecule has 0 aliphatic heterocycles. The highest BCUT2D eigenvalue weighted by Crippen LogP contribution is 2.17. The molecule has 0 atom stereocenters. The lowest BCUT2D eigenvalue weighted by atomic mass is 10.1. The lowest BCUT2D eigenvalue weighted by Crippen LogP contribution is -2.05. The van der Waals surface area contributed by atoms with E-state index in [0.717, 1.165) is 27.9 Å². The fraction of sp³-hybridized carbons (Fsp3) is 0.143. The number of pyridine rings is 1. The van der Waals surface area contributed by atoms with E-state index in [4.69, 9.17) is 0 Å². The molecular weight excluding hydrogens is 226 g/mol. The van der Waals surface area contributed by atoms with Gasteiger partial charge in [-0.3, -0.25) is 9.48 Å². The smallest absolute Gasteiger partial charge is 0.190 e. The number of aromatic amines is 1. The lowest BCUT2D eigenvalue weighted by Gasteiger charge is -2.05. The van der Waals surface area contributed by atoms with E-state index in [1.807, 2.05) is 38.2 Å². The molecule has 0 saturated carbocycles. The third-order valence-corrected chi connectivity index (χ3v) is 3.08. The predicted molar refractivity (Wildman–Crippen MR) is 71.5 cm³/mol. The second-order valence-corrected chi connectivity index (χ2v) is 4.44. The van der Waals surface area contributed by atoms with Gasteiger partial charge in [0.1, 0.15) is 0 Å². The number of nitrogens with one attached hydrogen (secondary N) is 1. The van der Waals surface area contributed by atoms with Crippen molar-refractivity contribution in [1.29, 1.82) is 0 Å². The van der Waals surface area contributed by atoms with Crippen molar-refractivity contribution in [3.05, 3.63) is 52.3 Å². The molecule has 1 aromatic carbocycles. The standard InChI is InChI=1S/C14H13N3O/c1-9-3-4-11-10(7-9)14(18)8-12(16-11)13-5-6-15-17(13)2/h3-8H,1-2H3,(H,16,18). The van der Waals surface area contributed by atoms with E-state index in [1.54, 1.807) is 16.9 Å². The molecule has 0 spiro atoms. The Morgan fingerprint density at radius 2 is 2.06 bits per heavy atom. The van der Waals surface area contributed by atoms with Crippen molar-refractivity contribution in [2.45, 2.75) is 6.92 Å². The predicted octanol–water partition coefficient (Wildman–Crippen LogP) is 2.24. The van der Waals surface area contributed by atoms with Gasteiger partial charge in [0.05, 0.1) is 11.4 Å². The zero-order valence-electron chi connectivity index (χ0n) is 10.3. The molecule has 0 fully saturated rings. The lowest BCUT2D eigenvalue weighted by molar-refractivity contribution is 0.773. The van der Waals surface area contributed by atoms with E-state index in [2.05, 4.69) is 10.1 Å². The summed E-state index contributed by atoms with van der Waals surface area (Å²) < 4.78 is 1.74. The number of H-pyrrole nitrogens is 1. The summed E-state index contributed by atoms with van der Waals surface area (Å²) in [5.41, 5.74) is 3.65. The van der Waals surface area contributed by atoms with Crippen LogP contribution < -0.4 is 5.43 Å². The van der Waals surface area contributed by atoms with Crippen LogP contribution >= 0.6 is 0 Å². The maximum absolute atomic E-state index is 12.1. The maximum Gasteiger partial charge on any atom is 0.190 e. The minimum absolute atomic E-state index is 0.0312. The summed E-state index contributed by atoms with van der Waals surface area (Å²) >= 11 is 0. The minimum Gasteiger partial charge on any atom is -0.353 e. The first-order chi connectivity index (χ1) is 8.65. The number of hydrogen-bond donors (Lipinski definition) is 1. The molecule has 2 heterocycles. The van der Waals surface area contributed by atoms with E-state index in [0.29, 0.717) is 0 Å². The van der Waals surface area contributed by atoms with Crippen molar-refractivity contribution in [3.63, 3.8) is 0 Å². The zero-order valence-corrected chi connectivity index (χ0v) is 10.3. The number of benzene rings is 1. The van der Waals surface area contributed by atoms with Gasteiger partial charge in [0.2, 0.25) is 0 Å². The van der Waals surface area contributed by atoms with E-state index < -0.39 is 0 Å². The first-order valence-electron chi connectivity index (χ1n) is 5.77. The number of aryl methyl sites for hydroxylation is 2. The van der Waals surface area contributed by atoms with Crippen LogP contribution in [-0.4, -0.2) is 14.8 Å². The first-order valence-corrected chi connectivity index (χ1v) is 5.77. The Hall–Kier alpha value is -2.36. The van der Waals surface area contributed by atoms with Crippen molar-refractivity contribution in [1.82, 2.24) is 14.8 Å². The Balaban J connectivity index is 2.32. The molecule has 90 valence electrons. The fourth-order valence-electron chi connectivity index (χ4n) is 2.14. The van der Waals surface area contributed by atoms with Gasteiger partial charge in [0, 0.05) is 30.2 Å². The van der Waals surface area contributed by atoms with Crippen molar-refractivity contribution in [3.8, 4) is 11.4 Å². The number of nitrogens with zero attached hydrogens (tertiary/aromatic N) is 2. The van der Waals surface area contributed by atoms with Crippen molar-refractivity contribution in [2.24, 2.45) is 7.05 Å². The van der Waals surface area contributed by atoms with Crippen LogP contribution in [0.1, 0.15) is 5.56 Å². The van der Waals surface area contributed by atoms with Crippen LogP contribution in [0, 0.1) is 6.92 Å². The molecule has 1 N–H and O–H groups in total. The summed E-state index contributed by atoms with van der Waals surface area (Å²) in [5, 5.41) is 4.83. The second kappa shape index (κ2) is 3.84. The molecule has 0 aliphatic carbocycles. The van der Waals surface area contributed by atoms with Gasteiger partial charge in [-0.15, -0.1) is 0 Å². The quantitative estimate of drug-likeness (QED) is 0.708. The zero-order chi connectivity index (χ0) is 12.7. The monoisotopic (exact) mass is 239 g/mol. The summed E-state index contributed by atoms with van der Waals surface area (Å²) in [4.78, 5) is 15.4. The highest BCUT2D eigenvalue weighted by Gasteiger charge is 2.07. The Morgan fingerprint density at radius 3 is 2.78 bits per heavy atom. The molecule has 4 nitrogen and oxygen atoms in total. The van der Waals surface area contributed by atoms with Crippen LogP contribution in [0.2, 0.25) is 0 Å². The molecule has 4 heteroatoms. The topological polar surface area (TPSA) is 50.7 Å². The molecular formula is C14H13N3O. The average molecular weight is 239 g/mol. The summed E-state index contributed by atoms with van der Waals surface area (Å²) in [7, 11) is 1.85. The fourth-order valence-corrected chi connectivity index (χ4v) is 2.14. The molecule has 3 aromatic rings. The van der Waals surface area contributed by atoms with Gasteiger partial charge in [0.25, 0.3) is 0 Å². The Kier molecular flexibility index (Phi) is 2.30. The van der Waals surface area contributed by atoms with Gasteiger partial charge in [-0.2, -0.15) is 5.10 Å². The van der Waals surface area contributed by atoms with Gasteiger partial charge < -0.3 is 4.98 Å². The molecule has 0 radical (unpaired) electrons. The number of rotatable bonds is 1. The van der Waals surface area contributed by atoms with Gasteiger partial charge in [-0.1, -0.05) is 11.6 Å². The third-order valence-electron chi connectivity index (χ3n) is 3.08. The maximum atomic E-state index is 12.1. The summed E-state index contributed by atoms with van der Waals surface area (Å²) in [6.07, 6.45) is 1.72. The van der Waals surface area contributed by atoms with E-state index in [-0.39, 0.29) is 5.43 Å². The molecule has 0 amide bonds. The van der Waals surface area contributed by atoms with Crippen LogP contribution in [0.4, 0.5) is 0 Å². The number of fused-ring (bicyclic) bond motifs is 1. The van der Waals surface area contributed by atoms with Gasteiger partial charge >= 0.3 is 0 Å². The number of aromatic nitrogens is 3. The minimum atomic E-state index is 0.0312. The van der Waals surface area contributed by atoms with Crippen molar-refractivity contribution in [2.75, 3.05) is 0 Å². The van der Waals surface area contributed by atoms with Crippen LogP contribution in [0.25, 0.3) is 22.3 Å². The molecule has 0 unspecified atom stereocenters. The SMILES string of the molecule is Cc1ccc2[nH]c(-c3ccnn3C)cc(=O)c2c1. The molecule has 3 rings (SSSR count). The van der Waals surface area contributed by atoms with Gasteiger partial charge in [0.15, 0.2) is 5.43 Å². The van der Waals surface area contributed by atoms with Crippen LogP contribution in [0.3, 0.4) is 0 Å². The van der Waals surface area contributed by atoms with Gasteiger partial charge in [-0.25, -0.2) is 0 Å². The second-order valence-electron chi connectivity index (χ2n) is 4.44. The summed E-state index contributed by atoms with van der Waals surface area (Å²) in [6, 6.07) is 9.34. The molecule has 0 aliphatic rings. The highest BCUT2D eigenvalue weighted by molar-refractivity contribution is 5.81.